The van der Waals surface area contributed by atoms with Crippen molar-refractivity contribution in [1.82, 2.24) is 4.90 Å². The molecule has 1 amide bonds. The van der Waals surface area contributed by atoms with Gasteiger partial charge in [-0.25, -0.2) is 0 Å². The smallest absolute Gasteiger partial charge is 0.316 e. The van der Waals surface area contributed by atoms with Crippen LogP contribution in [0.2, 0.25) is 0 Å². The lowest BCUT2D eigenvalue weighted by molar-refractivity contribution is -0.139. The number of hydrogen-bond acceptors (Lipinski definition) is 4. The van der Waals surface area contributed by atoms with Crippen LogP contribution in [0.1, 0.15) is 40.9 Å². The first kappa shape index (κ1) is 20.5. The summed E-state index contributed by atoms with van der Waals surface area (Å²) in [5.41, 5.74) is 2.15. The Labute approximate surface area is 181 Å². The number of esters is 1. The number of carbonyl (C=O) groups is 3. The highest BCUT2D eigenvalue weighted by Gasteiger charge is 2.38. The average molecular weight is 413 g/mol. The SMILES string of the molecule is C[C@H](c1ccccc1)N1C[C@@H](C(=O)Oc2ccc(C(=O)c3ccccc3)cc2)CC1=O. The normalized spacial score (nSPS) is 16.7. The minimum absolute atomic E-state index is 0.0536. The quantitative estimate of drug-likeness (QED) is 0.341. The van der Waals surface area contributed by atoms with Crippen molar-refractivity contribution in [3.63, 3.8) is 0 Å². The van der Waals surface area contributed by atoms with E-state index in [1.54, 1.807) is 41.3 Å². The van der Waals surface area contributed by atoms with E-state index in [0.29, 0.717) is 23.4 Å². The van der Waals surface area contributed by atoms with Crippen LogP contribution in [0.25, 0.3) is 0 Å². The fraction of sp³-hybridized carbons (Fsp3) is 0.192. The van der Waals surface area contributed by atoms with Crippen molar-refractivity contribution in [2.45, 2.75) is 19.4 Å². The third kappa shape index (κ3) is 4.56. The predicted octanol–water partition coefficient (Wildman–Crippen LogP) is 4.43. The van der Waals surface area contributed by atoms with Crippen LogP contribution in [0.4, 0.5) is 0 Å². The number of ether oxygens (including phenoxy) is 1. The summed E-state index contributed by atoms with van der Waals surface area (Å²) in [4.78, 5) is 39.3. The molecule has 0 spiro atoms. The largest absolute Gasteiger partial charge is 0.426 e. The van der Waals surface area contributed by atoms with Gasteiger partial charge in [0.15, 0.2) is 5.78 Å². The Bertz CT molecular complexity index is 1080. The van der Waals surface area contributed by atoms with E-state index < -0.39 is 11.9 Å². The summed E-state index contributed by atoms with van der Waals surface area (Å²) in [5.74, 6) is -0.730. The number of hydrogen-bond donors (Lipinski definition) is 0. The standard InChI is InChI=1S/C26H23NO4/c1-18(19-8-4-2-5-9-19)27-17-22(16-24(27)28)26(30)31-23-14-12-21(13-15-23)25(29)20-10-6-3-7-11-20/h2-15,18,22H,16-17H2,1H3/t18-,22+/m1/s1. The molecule has 1 aliphatic rings. The molecule has 0 saturated carbocycles. The van der Waals surface area contributed by atoms with E-state index in [1.807, 2.05) is 55.5 Å². The summed E-state index contributed by atoms with van der Waals surface area (Å²) in [7, 11) is 0. The molecule has 3 aromatic carbocycles. The van der Waals surface area contributed by atoms with Gasteiger partial charge in [-0.2, -0.15) is 0 Å². The van der Waals surface area contributed by atoms with Crippen LogP contribution in [0, 0.1) is 5.92 Å². The molecule has 0 N–H and O–H groups in total. The van der Waals surface area contributed by atoms with Crippen molar-refractivity contribution in [2.75, 3.05) is 6.54 Å². The van der Waals surface area contributed by atoms with Gasteiger partial charge in [-0.1, -0.05) is 60.7 Å². The van der Waals surface area contributed by atoms with Gasteiger partial charge in [0.05, 0.1) is 12.0 Å². The molecule has 5 heteroatoms. The van der Waals surface area contributed by atoms with E-state index in [1.165, 1.54) is 0 Å². The topological polar surface area (TPSA) is 63.7 Å². The zero-order chi connectivity index (χ0) is 21.8. The van der Waals surface area contributed by atoms with E-state index in [-0.39, 0.29) is 24.2 Å². The summed E-state index contributed by atoms with van der Waals surface area (Å²) in [6.07, 6.45) is 0.139. The second kappa shape index (κ2) is 8.96. The monoisotopic (exact) mass is 413 g/mol. The fourth-order valence-corrected chi connectivity index (χ4v) is 3.81. The molecule has 1 heterocycles. The lowest BCUT2D eigenvalue weighted by Crippen LogP contribution is -2.30. The summed E-state index contributed by atoms with van der Waals surface area (Å²) in [6, 6.07) is 25.1. The number of nitrogens with zero attached hydrogens (tertiary/aromatic N) is 1. The van der Waals surface area contributed by atoms with Gasteiger partial charge in [0, 0.05) is 24.1 Å². The highest BCUT2D eigenvalue weighted by Crippen LogP contribution is 2.29. The van der Waals surface area contributed by atoms with E-state index in [9.17, 15) is 14.4 Å². The first-order chi connectivity index (χ1) is 15.0. The molecule has 0 bridgehead atoms. The van der Waals surface area contributed by atoms with Crippen molar-refractivity contribution < 1.29 is 19.1 Å². The Morgan fingerprint density at radius 2 is 1.45 bits per heavy atom. The van der Waals surface area contributed by atoms with Crippen molar-refractivity contribution in [3.8, 4) is 5.75 Å². The molecule has 0 radical (unpaired) electrons. The highest BCUT2D eigenvalue weighted by atomic mass is 16.5. The van der Waals surface area contributed by atoms with E-state index >= 15 is 0 Å². The molecule has 0 aromatic heterocycles. The molecule has 1 saturated heterocycles. The fourth-order valence-electron chi connectivity index (χ4n) is 3.81. The van der Waals surface area contributed by atoms with Gasteiger partial charge in [0.2, 0.25) is 5.91 Å². The highest BCUT2D eigenvalue weighted by molar-refractivity contribution is 6.09. The van der Waals surface area contributed by atoms with Crippen LogP contribution < -0.4 is 4.74 Å². The molecule has 156 valence electrons. The van der Waals surface area contributed by atoms with E-state index in [0.717, 1.165) is 5.56 Å². The van der Waals surface area contributed by atoms with Crippen LogP contribution in [0.15, 0.2) is 84.9 Å². The molecule has 5 nitrogen and oxygen atoms in total. The molecule has 3 aromatic rings. The van der Waals surface area contributed by atoms with E-state index in [2.05, 4.69) is 0 Å². The Kier molecular flexibility index (Phi) is 5.94. The number of ketones is 1. The summed E-state index contributed by atoms with van der Waals surface area (Å²) in [5, 5.41) is 0. The lowest BCUT2D eigenvalue weighted by Gasteiger charge is -2.25. The first-order valence-corrected chi connectivity index (χ1v) is 10.3. The second-order valence-corrected chi connectivity index (χ2v) is 7.67. The number of benzene rings is 3. The van der Waals surface area contributed by atoms with Crippen LogP contribution in [0.5, 0.6) is 5.75 Å². The van der Waals surface area contributed by atoms with Crippen LogP contribution in [0.3, 0.4) is 0 Å². The molecule has 2 atom stereocenters. The second-order valence-electron chi connectivity index (χ2n) is 7.67. The summed E-state index contributed by atoms with van der Waals surface area (Å²) in [6.45, 7) is 2.29. The van der Waals surface area contributed by atoms with Gasteiger partial charge in [-0.3, -0.25) is 14.4 Å². The first-order valence-electron chi connectivity index (χ1n) is 10.3. The molecule has 0 unspecified atom stereocenters. The van der Waals surface area contributed by atoms with E-state index in [4.69, 9.17) is 4.74 Å². The van der Waals surface area contributed by atoms with Gasteiger partial charge in [-0.15, -0.1) is 0 Å². The number of rotatable bonds is 6. The molecule has 1 fully saturated rings. The number of amides is 1. The average Bonchev–Trinajstić information content (AvgIpc) is 3.21. The Morgan fingerprint density at radius 1 is 0.871 bits per heavy atom. The number of carbonyl (C=O) groups excluding carboxylic acids is 3. The van der Waals surface area contributed by atoms with Crippen molar-refractivity contribution in [3.05, 3.63) is 102 Å². The maximum absolute atomic E-state index is 12.6. The van der Waals surface area contributed by atoms with Gasteiger partial charge >= 0.3 is 5.97 Å². The van der Waals surface area contributed by atoms with Gasteiger partial charge < -0.3 is 9.64 Å². The third-order valence-electron chi connectivity index (χ3n) is 5.61. The Hall–Kier alpha value is -3.73. The number of likely N-dealkylation sites (tertiary alicyclic amines) is 1. The maximum Gasteiger partial charge on any atom is 0.316 e. The third-order valence-corrected chi connectivity index (χ3v) is 5.61. The van der Waals surface area contributed by atoms with Gasteiger partial charge in [0.25, 0.3) is 0 Å². The van der Waals surface area contributed by atoms with Crippen LogP contribution in [-0.4, -0.2) is 29.1 Å². The molecular weight excluding hydrogens is 390 g/mol. The molecular formula is C26H23NO4. The van der Waals surface area contributed by atoms with Crippen LogP contribution in [-0.2, 0) is 9.59 Å². The lowest BCUT2D eigenvalue weighted by atomic mass is 10.0. The van der Waals surface area contributed by atoms with Crippen molar-refractivity contribution in [1.29, 1.82) is 0 Å². The van der Waals surface area contributed by atoms with Crippen molar-refractivity contribution >= 4 is 17.7 Å². The minimum atomic E-state index is -0.510. The van der Waals surface area contributed by atoms with Gasteiger partial charge in [-0.05, 0) is 36.8 Å². The summed E-state index contributed by atoms with van der Waals surface area (Å²) < 4.78 is 5.49. The van der Waals surface area contributed by atoms with Crippen molar-refractivity contribution in [2.24, 2.45) is 5.92 Å². The zero-order valence-electron chi connectivity index (χ0n) is 17.2. The molecule has 1 aliphatic heterocycles. The predicted molar refractivity (Wildman–Crippen MR) is 117 cm³/mol. The maximum atomic E-state index is 12.6. The summed E-state index contributed by atoms with van der Waals surface area (Å²) >= 11 is 0. The zero-order valence-corrected chi connectivity index (χ0v) is 17.2. The van der Waals surface area contributed by atoms with Crippen LogP contribution >= 0.6 is 0 Å². The Morgan fingerprint density at radius 3 is 2.10 bits per heavy atom. The molecule has 0 aliphatic carbocycles. The Balaban J connectivity index is 1.38. The molecule has 4 rings (SSSR count). The molecule has 31 heavy (non-hydrogen) atoms. The van der Waals surface area contributed by atoms with Gasteiger partial charge in [0.1, 0.15) is 5.75 Å². The minimum Gasteiger partial charge on any atom is -0.426 e.